The second-order valence-corrected chi connectivity index (χ2v) is 8.55. The van der Waals surface area contributed by atoms with Crippen LogP contribution in [-0.2, 0) is 0 Å². The molecule has 1 saturated carbocycles. The lowest BCUT2D eigenvalue weighted by Crippen LogP contribution is -2.36. The van der Waals surface area contributed by atoms with E-state index < -0.39 is 0 Å². The Bertz CT molecular complexity index is 1150. The Labute approximate surface area is 179 Å². The number of anilines is 1. The molecule has 0 spiro atoms. The van der Waals surface area contributed by atoms with E-state index in [9.17, 15) is 5.11 Å². The van der Waals surface area contributed by atoms with E-state index in [1.54, 1.807) is 17.5 Å². The van der Waals surface area contributed by atoms with Gasteiger partial charge in [-0.05, 0) is 37.1 Å². The summed E-state index contributed by atoms with van der Waals surface area (Å²) in [6.45, 7) is 0. The summed E-state index contributed by atoms with van der Waals surface area (Å²) in [7, 11) is 0. The van der Waals surface area contributed by atoms with Crippen molar-refractivity contribution in [3.8, 4) is 22.8 Å². The fourth-order valence-electron chi connectivity index (χ4n) is 3.79. The highest BCUT2D eigenvalue weighted by Gasteiger charge is 2.23. The maximum Gasteiger partial charge on any atom is 0.184 e. The number of aliphatic hydroxyl groups excluding tert-OH is 1. The summed E-state index contributed by atoms with van der Waals surface area (Å²) in [5, 5.41) is 14.5. The van der Waals surface area contributed by atoms with Crippen LogP contribution in [0.3, 0.4) is 0 Å². The van der Waals surface area contributed by atoms with E-state index >= 15 is 0 Å². The zero-order valence-corrected chi connectivity index (χ0v) is 17.2. The first-order valence-corrected chi connectivity index (χ1v) is 11.0. The highest BCUT2D eigenvalue weighted by molar-refractivity contribution is 7.22. The molecule has 1 radical (unpaired) electrons. The van der Waals surface area contributed by atoms with Gasteiger partial charge in [-0.1, -0.05) is 48.4 Å². The SMILES string of the molecule is O[C@@H]1CCCC[C@H]1Nc1nc2ccc(Oc3ccnc(-c4cc[c]cc4)c3)cc2s1. The third kappa shape index (κ3) is 4.15. The van der Waals surface area contributed by atoms with Crippen LogP contribution in [0.15, 0.2) is 60.8 Å². The normalized spacial score (nSPS) is 19.0. The molecule has 2 heterocycles. The molecule has 5 rings (SSSR count). The van der Waals surface area contributed by atoms with Crippen LogP contribution in [-0.4, -0.2) is 27.2 Å². The molecule has 151 valence electrons. The molecule has 0 unspecified atom stereocenters. The lowest BCUT2D eigenvalue weighted by Gasteiger charge is -2.27. The summed E-state index contributed by atoms with van der Waals surface area (Å²) in [6.07, 6.45) is 5.54. The molecule has 0 amide bonds. The quantitative estimate of drug-likeness (QED) is 0.439. The topological polar surface area (TPSA) is 67.3 Å². The minimum absolute atomic E-state index is 0.0841. The molecule has 1 aliphatic rings. The molecule has 0 saturated heterocycles. The molecular formula is C24H22N3O2S. The molecule has 4 aromatic rings. The number of benzene rings is 2. The van der Waals surface area contributed by atoms with Crippen molar-refractivity contribution in [2.24, 2.45) is 0 Å². The van der Waals surface area contributed by atoms with E-state index in [0.29, 0.717) is 0 Å². The van der Waals surface area contributed by atoms with Crippen LogP contribution < -0.4 is 10.1 Å². The Morgan fingerprint density at radius 1 is 1.03 bits per heavy atom. The molecule has 2 atom stereocenters. The average molecular weight is 417 g/mol. The third-order valence-electron chi connectivity index (χ3n) is 5.38. The number of fused-ring (bicyclic) bond motifs is 1. The number of aromatic nitrogens is 2. The predicted molar refractivity (Wildman–Crippen MR) is 120 cm³/mol. The largest absolute Gasteiger partial charge is 0.457 e. The Morgan fingerprint density at radius 3 is 2.73 bits per heavy atom. The summed E-state index contributed by atoms with van der Waals surface area (Å²) in [5.74, 6) is 1.49. The second kappa shape index (κ2) is 8.42. The number of rotatable bonds is 5. The van der Waals surface area contributed by atoms with Gasteiger partial charge >= 0.3 is 0 Å². The molecule has 2 N–H and O–H groups in total. The Morgan fingerprint density at radius 2 is 1.87 bits per heavy atom. The maximum absolute atomic E-state index is 10.2. The smallest absolute Gasteiger partial charge is 0.184 e. The summed E-state index contributed by atoms with van der Waals surface area (Å²) in [5.41, 5.74) is 2.81. The number of ether oxygens (including phenoxy) is 1. The zero-order valence-electron chi connectivity index (χ0n) is 16.4. The number of aliphatic hydroxyl groups is 1. The van der Waals surface area contributed by atoms with Crippen LogP contribution in [0.25, 0.3) is 21.5 Å². The van der Waals surface area contributed by atoms with Crippen LogP contribution in [0.5, 0.6) is 11.5 Å². The van der Waals surface area contributed by atoms with Gasteiger partial charge in [0, 0.05) is 23.9 Å². The van der Waals surface area contributed by atoms with Crippen molar-refractivity contribution in [1.29, 1.82) is 0 Å². The first kappa shape index (κ1) is 19.0. The lowest BCUT2D eigenvalue weighted by molar-refractivity contribution is 0.116. The molecule has 30 heavy (non-hydrogen) atoms. The van der Waals surface area contributed by atoms with Gasteiger partial charge in [0.05, 0.1) is 28.1 Å². The van der Waals surface area contributed by atoms with Crippen molar-refractivity contribution >= 4 is 26.7 Å². The number of pyridine rings is 1. The molecule has 6 heteroatoms. The average Bonchev–Trinajstić information content (AvgIpc) is 3.18. The van der Waals surface area contributed by atoms with Crippen LogP contribution in [0.4, 0.5) is 5.13 Å². The third-order valence-corrected chi connectivity index (χ3v) is 6.33. The zero-order chi connectivity index (χ0) is 20.3. The number of hydrogen-bond donors (Lipinski definition) is 2. The van der Waals surface area contributed by atoms with Gasteiger partial charge in [0.15, 0.2) is 5.13 Å². The van der Waals surface area contributed by atoms with Crippen molar-refractivity contribution in [2.75, 3.05) is 5.32 Å². The van der Waals surface area contributed by atoms with Gasteiger partial charge in [0.1, 0.15) is 11.5 Å². The van der Waals surface area contributed by atoms with Gasteiger partial charge in [-0.2, -0.15) is 0 Å². The highest BCUT2D eigenvalue weighted by atomic mass is 32.1. The molecule has 5 nitrogen and oxygen atoms in total. The predicted octanol–water partition coefficient (Wildman–Crippen LogP) is 5.67. The number of thiazole rings is 1. The van der Waals surface area contributed by atoms with Crippen LogP contribution in [0.2, 0.25) is 0 Å². The van der Waals surface area contributed by atoms with Crippen molar-refractivity contribution < 1.29 is 9.84 Å². The fourth-order valence-corrected chi connectivity index (χ4v) is 4.75. The molecule has 0 bridgehead atoms. The second-order valence-electron chi connectivity index (χ2n) is 7.52. The minimum atomic E-state index is -0.298. The van der Waals surface area contributed by atoms with E-state index in [-0.39, 0.29) is 12.1 Å². The van der Waals surface area contributed by atoms with Gasteiger partial charge in [-0.3, -0.25) is 4.98 Å². The van der Waals surface area contributed by atoms with Crippen LogP contribution in [0, 0.1) is 6.07 Å². The van der Waals surface area contributed by atoms with Crippen molar-refractivity contribution in [3.63, 3.8) is 0 Å². The van der Waals surface area contributed by atoms with Crippen molar-refractivity contribution in [3.05, 3.63) is 66.9 Å². The summed E-state index contributed by atoms with van der Waals surface area (Å²) in [4.78, 5) is 9.11. The molecule has 1 fully saturated rings. The van der Waals surface area contributed by atoms with Crippen molar-refractivity contribution in [1.82, 2.24) is 9.97 Å². The molecule has 0 aliphatic heterocycles. The summed E-state index contributed by atoms with van der Waals surface area (Å²) < 4.78 is 7.14. The highest BCUT2D eigenvalue weighted by Crippen LogP contribution is 2.33. The lowest BCUT2D eigenvalue weighted by atomic mass is 9.93. The van der Waals surface area contributed by atoms with Gasteiger partial charge in [-0.15, -0.1) is 0 Å². The van der Waals surface area contributed by atoms with E-state index in [0.717, 1.165) is 63.8 Å². The molecule has 2 aromatic carbocycles. The molecular weight excluding hydrogens is 394 g/mol. The van der Waals surface area contributed by atoms with Crippen LogP contribution in [0.1, 0.15) is 25.7 Å². The van der Waals surface area contributed by atoms with Gasteiger partial charge in [-0.25, -0.2) is 4.98 Å². The van der Waals surface area contributed by atoms with Gasteiger partial charge < -0.3 is 15.2 Å². The monoisotopic (exact) mass is 416 g/mol. The van der Waals surface area contributed by atoms with E-state index in [1.165, 1.54) is 0 Å². The first-order valence-electron chi connectivity index (χ1n) is 10.2. The van der Waals surface area contributed by atoms with Crippen LogP contribution >= 0.6 is 11.3 Å². The minimum Gasteiger partial charge on any atom is -0.457 e. The van der Waals surface area contributed by atoms with Crippen molar-refractivity contribution in [2.45, 2.75) is 37.8 Å². The van der Waals surface area contributed by atoms with E-state index in [4.69, 9.17) is 4.74 Å². The number of hydrogen-bond acceptors (Lipinski definition) is 6. The molecule has 2 aromatic heterocycles. The number of nitrogens with one attached hydrogen (secondary N) is 1. The first-order chi connectivity index (χ1) is 14.7. The van der Waals surface area contributed by atoms with E-state index in [2.05, 4.69) is 21.4 Å². The summed E-state index contributed by atoms with van der Waals surface area (Å²) in [6, 6.07) is 20.5. The number of nitrogens with zero attached hydrogens (tertiary/aromatic N) is 2. The summed E-state index contributed by atoms with van der Waals surface area (Å²) >= 11 is 1.59. The Hall–Kier alpha value is -2.96. The maximum atomic E-state index is 10.2. The Balaban J connectivity index is 1.34. The van der Waals surface area contributed by atoms with Gasteiger partial charge in [0.25, 0.3) is 0 Å². The standard InChI is InChI=1S/C24H22N3O2S/c28-22-9-5-4-8-19(22)26-24-27-20-11-10-17(15-23(20)30-24)29-18-12-13-25-21(14-18)16-6-2-1-3-7-16/h2-3,6-7,10-15,19,22,28H,4-5,8-9H2,(H,26,27)/t19-,22-/m1/s1. The fraction of sp³-hybridized carbons (Fsp3) is 0.250. The molecule has 1 aliphatic carbocycles. The Kier molecular flexibility index (Phi) is 5.34. The van der Waals surface area contributed by atoms with Gasteiger partial charge in [0.2, 0.25) is 0 Å². The van der Waals surface area contributed by atoms with E-state index in [1.807, 2.05) is 54.6 Å².